The molecule has 1 N–H and O–H groups in total. The van der Waals surface area contributed by atoms with E-state index in [1.54, 1.807) is 0 Å². The molecule has 0 saturated carbocycles. The van der Waals surface area contributed by atoms with Gasteiger partial charge in [0.2, 0.25) is 0 Å². The number of fused-ring (bicyclic) bond motifs is 1. The molecule has 1 atom stereocenters. The molecule has 1 aliphatic rings. The van der Waals surface area contributed by atoms with Crippen molar-refractivity contribution in [3.8, 4) is 16.9 Å². The molecule has 0 aliphatic heterocycles. The number of ether oxygens (including phenoxy) is 1. The Morgan fingerprint density at radius 2 is 1.71 bits per heavy atom. The molecule has 1 aliphatic carbocycles. The van der Waals surface area contributed by atoms with Crippen molar-refractivity contribution in [3.05, 3.63) is 89.5 Å². The molecule has 1 unspecified atom stereocenters. The standard InChI is InChI=1S/C25H24O3/c26-25(27)16-22-8-4-7-21-15-23(13-14-24(21)22)28-17-18-9-11-20(12-10-18)19-5-2-1-3-6-19/h1-3,5-6,9-15,22H,4,7-8,16-17H2,(H,26,27). The Kier molecular flexibility index (Phi) is 5.43. The molecule has 0 amide bonds. The Morgan fingerprint density at radius 1 is 0.964 bits per heavy atom. The molecule has 0 saturated heterocycles. The quantitative estimate of drug-likeness (QED) is 0.592. The molecule has 142 valence electrons. The van der Waals surface area contributed by atoms with Crippen LogP contribution in [0.25, 0.3) is 11.1 Å². The highest BCUT2D eigenvalue weighted by atomic mass is 16.5. The number of carbonyl (C=O) groups is 1. The fourth-order valence-electron chi connectivity index (χ4n) is 3.99. The Bertz CT molecular complexity index is 945. The third kappa shape index (κ3) is 4.25. The fraction of sp³-hybridized carbons (Fsp3) is 0.240. The molecule has 3 nitrogen and oxygen atoms in total. The first-order valence-corrected chi connectivity index (χ1v) is 9.81. The van der Waals surface area contributed by atoms with Crippen LogP contribution in [-0.2, 0) is 17.8 Å². The van der Waals surface area contributed by atoms with Gasteiger partial charge < -0.3 is 9.84 Å². The zero-order chi connectivity index (χ0) is 19.3. The highest BCUT2D eigenvalue weighted by molar-refractivity contribution is 5.68. The minimum absolute atomic E-state index is 0.126. The molecule has 0 heterocycles. The van der Waals surface area contributed by atoms with E-state index in [1.807, 2.05) is 24.3 Å². The minimum Gasteiger partial charge on any atom is -0.489 e. The number of carboxylic acid groups (broad SMARTS) is 1. The van der Waals surface area contributed by atoms with Gasteiger partial charge in [0.1, 0.15) is 12.4 Å². The first kappa shape index (κ1) is 18.3. The van der Waals surface area contributed by atoms with E-state index < -0.39 is 5.97 Å². The molecular weight excluding hydrogens is 348 g/mol. The molecule has 3 heteroatoms. The lowest BCUT2D eigenvalue weighted by Gasteiger charge is -2.24. The second kappa shape index (κ2) is 8.30. The van der Waals surface area contributed by atoms with Crippen LogP contribution < -0.4 is 4.74 Å². The van der Waals surface area contributed by atoms with Crippen molar-refractivity contribution in [1.29, 1.82) is 0 Å². The Hall–Kier alpha value is -3.07. The first-order valence-electron chi connectivity index (χ1n) is 9.81. The number of aliphatic carboxylic acids is 1. The smallest absolute Gasteiger partial charge is 0.303 e. The predicted octanol–water partition coefficient (Wildman–Crippen LogP) is 5.83. The van der Waals surface area contributed by atoms with Crippen LogP contribution in [0.2, 0.25) is 0 Å². The van der Waals surface area contributed by atoms with E-state index in [1.165, 1.54) is 22.3 Å². The molecule has 28 heavy (non-hydrogen) atoms. The number of hydrogen-bond acceptors (Lipinski definition) is 2. The van der Waals surface area contributed by atoms with Gasteiger partial charge in [0.25, 0.3) is 0 Å². The Balaban J connectivity index is 1.42. The molecule has 4 rings (SSSR count). The predicted molar refractivity (Wildman–Crippen MR) is 111 cm³/mol. The van der Waals surface area contributed by atoms with Crippen molar-refractivity contribution in [1.82, 2.24) is 0 Å². The van der Waals surface area contributed by atoms with Crippen LogP contribution in [0.5, 0.6) is 5.75 Å². The summed E-state index contributed by atoms with van der Waals surface area (Å²) < 4.78 is 6.00. The van der Waals surface area contributed by atoms with E-state index in [2.05, 4.69) is 48.5 Å². The normalized spacial score (nSPS) is 15.6. The van der Waals surface area contributed by atoms with E-state index in [0.29, 0.717) is 6.61 Å². The average Bonchev–Trinajstić information content (AvgIpc) is 2.73. The number of aryl methyl sites for hydroxylation is 1. The lowest BCUT2D eigenvalue weighted by Crippen LogP contribution is -2.13. The van der Waals surface area contributed by atoms with Crippen molar-refractivity contribution in [2.75, 3.05) is 0 Å². The van der Waals surface area contributed by atoms with Crippen molar-refractivity contribution in [3.63, 3.8) is 0 Å². The van der Waals surface area contributed by atoms with E-state index in [0.717, 1.165) is 30.6 Å². The summed E-state index contributed by atoms with van der Waals surface area (Å²) in [5.41, 5.74) is 5.94. The average molecular weight is 372 g/mol. The second-order valence-corrected chi connectivity index (χ2v) is 7.40. The van der Waals surface area contributed by atoms with Crippen LogP contribution in [0.4, 0.5) is 0 Å². The van der Waals surface area contributed by atoms with Gasteiger partial charge in [0, 0.05) is 0 Å². The summed E-state index contributed by atoms with van der Waals surface area (Å²) in [5, 5.41) is 9.12. The number of carboxylic acids is 1. The maximum absolute atomic E-state index is 11.1. The summed E-state index contributed by atoms with van der Waals surface area (Å²) in [5.74, 6) is 0.250. The van der Waals surface area contributed by atoms with Crippen LogP contribution >= 0.6 is 0 Å². The number of rotatable bonds is 6. The monoisotopic (exact) mass is 372 g/mol. The van der Waals surface area contributed by atoms with Gasteiger partial charge in [0.05, 0.1) is 6.42 Å². The molecule has 3 aromatic carbocycles. The van der Waals surface area contributed by atoms with Gasteiger partial charge >= 0.3 is 5.97 Å². The van der Waals surface area contributed by atoms with Gasteiger partial charge in [-0.15, -0.1) is 0 Å². The first-order chi connectivity index (χ1) is 13.7. The molecule has 0 radical (unpaired) electrons. The van der Waals surface area contributed by atoms with E-state index in [4.69, 9.17) is 9.84 Å². The van der Waals surface area contributed by atoms with Gasteiger partial charge in [-0.25, -0.2) is 0 Å². The lowest BCUT2D eigenvalue weighted by molar-refractivity contribution is -0.137. The summed E-state index contributed by atoms with van der Waals surface area (Å²) in [6, 6.07) is 24.9. The lowest BCUT2D eigenvalue weighted by atomic mass is 9.81. The second-order valence-electron chi connectivity index (χ2n) is 7.40. The fourth-order valence-corrected chi connectivity index (χ4v) is 3.99. The summed E-state index contributed by atoms with van der Waals surface area (Å²) in [6.45, 7) is 0.520. The zero-order valence-electron chi connectivity index (χ0n) is 15.8. The Morgan fingerprint density at radius 3 is 2.46 bits per heavy atom. The maximum atomic E-state index is 11.1. The largest absolute Gasteiger partial charge is 0.489 e. The highest BCUT2D eigenvalue weighted by Crippen LogP contribution is 2.36. The topological polar surface area (TPSA) is 46.5 Å². The molecule has 0 aromatic heterocycles. The maximum Gasteiger partial charge on any atom is 0.303 e. The molecular formula is C25H24O3. The summed E-state index contributed by atoms with van der Waals surface area (Å²) >= 11 is 0. The van der Waals surface area contributed by atoms with Crippen molar-refractivity contribution < 1.29 is 14.6 Å². The summed E-state index contributed by atoms with van der Waals surface area (Å²) in [4.78, 5) is 11.1. The number of benzene rings is 3. The van der Waals surface area contributed by atoms with Crippen LogP contribution in [0.3, 0.4) is 0 Å². The van der Waals surface area contributed by atoms with Gasteiger partial charge in [0.15, 0.2) is 0 Å². The highest BCUT2D eigenvalue weighted by Gasteiger charge is 2.22. The van der Waals surface area contributed by atoms with Crippen molar-refractivity contribution >= 4 is 5.97 Å². The zero-order valence-corrected chi connectivity index (χ0v) is 15.8. The van der Waals surface area contributed by atoms with Gasteiger partial charge in [-0.2, -0.15) is 0 Å². The van der Waals surface area contributed by atoms with E-state index in [-0.39, 0.29) is 12.3 Å². The molecule has 0 fully saturated rings. The third-order valence-electron chi connectivity index (χ3n) is 5.44. The van der Waals surface area contributed by atoms with E-state index in [9.17, 15) is 4.79 Å². The molecule has 3 aromatic rings. The third-order valence-corrected chi connectivity index (χ3v) is 5.44. The van der Waals surface area contributed by atoms with Crippen LogP contribution in [-0.4, -0.2) is 11.1 Å². The van der Waals surface area contributed by atoms with E-state index >= 15 is 0 Å². The SMILES string of the molecule is O=C(O)CC1CCCc2cc(OCc3ccc(-c4ccccc4)cc3)ccc21. The van der Waals surface area contributed by atoms with Crippen LogP contribution in [0, 0.1) is 0 Å². The number of hydrogen-bond donors (Lipinski definition) is 1. The van der Waals surface area contributed by atoms with Crippen LogP contribution in [0.1, 0.15) is 41.9 Å². The van der Waals surface area contributed by atoms with Gasteiger partial charge in [-0.05, 0) is 65.1 Å². The minimum atomic E-state index is -0.725. The van der Waals surface area contributed by atoms with Crippen molar-refractivity contribution in [2.45, 2.75) is 38.2 Å². The molecule has 0 spiro atoms. The van der Waals surface area contributed by atoms with Gasteiger partial charge in [-0.1, -0.05) is 60.7 Å². The summed E-state index contributed by atoms with van der Waals surface area (Å²) in [6.07, 6.45) is 3.19. The Labute approximate surface area is 165 Å². The van der Waals surface area contributed by atoms with Crippen molar-refractivity contribution in [2.24, 2.45) is 0 Å². The molecule has 0 bridgehead atoms. The summed E-state index contributed by atoms with van der Waals surface area (Å²) in [7, 11) is 0. The van der Waals surface area contributed by atoms with Gasteiger partial charge in [-0.3, -0.25) is 4.79 Å². The van der Waals surface area contributed by atoms with Crippen LogP contribution in [0.15, 0.2) is 72.8 Å².